The van der Waals surface area contributed by atoms with Crippen LogP contribution in [0.1, 0.15) is 19.8 Å². The Morgan fingerprint density at radius 2 is 2.29 bits per heavy atom. The molecule has 24 heavy (non-hydrogen) atoms. The van der Waals surface area contributed by atoms with Crippen LogP contribution in [0.25, 0.3) is 21.9 Å². The molecule has 1 atom stereocenters. The van der Waals surface area contributed by atoms with E-state index in [2.05, 4.69) is 21.8 Å². The number of aromatic nitrogens is 3. The summed E-state index contributed by atoms with van der Waals surface area (Å²) in [7, 11) is 1.64. The Bertz CT molecular complexity index is 943. The van der Waals surface area contributed by atoms with Crippen molar-refractivity contribution >= 4 is 21.9 Å². The molecule has 0 saturated carbocycles. The van der Waals surface area contributed by atoms with Gasteiger partial charge in [-0.05, 0) is 44.1 Å². The molecule has 1 fully saturated rings. The van der Waals surface area contributed by atoms with E-state index in [1.54, 1.807) is 18.0 Å². The van der Waals surface area contributed by atoms with Crippen LogP contribution in [0, 0.1) is 0 Å². The standard InChI is InChI=1S/C18H22N4O2/c1-3-21-8-4-5-12(21)10-22-11-19-16-14-9-13(24-2)6-7-15(14)20-17(16)18(22)23/h6-7,9,11-12,20H,3-5,8,10H2,1-2H3/t12-/m0/s1. The molecule has 0 radical (unpaired) electrons. The molecule has 126 valence electrons. The van der Waals surface area contributed by atoms with Crippen LogP contribution in [0.4, 0.5) is 0 Å². The van der Waals surface area contributed by atoms with Gasteiger partial charge >= 0.3 is 0 Å². The lowest BCUT2D eigenvalue weighted by atomic mass is 10.2. The topological polar surface area (TPSA) is 63.1 Å². The molecule has 1 saturated heterocycles. The molecule has 0 aliphatic carbocycles. The monoisotopic (exact) mass is 326 g/mol. The normalized spacial score (nSPS) is 18.7. The number of benzene rings is 1. The first-order valence-electron chi connectivity index (χ1n) is 8.50. The maximum atomic E-state index is 12.9. The summed E-state index contributed by atoms with van der Waals surface area (Å²) in [6.07, 6.45) is 4.03. The molecule has 2 aromatic heterocycles. The van der Waals surface area contributed by atoms with E-state index in [4.69, 9.17) is 4.74 Å². The van der Waals surface area contributed by atoms with Crippen molar-refractivity contribution in [3.8, 4) is 5.75 Å². The summed E-state index contributed by atoms with van der Waals surface area (Å²) in [5.74, 6) is 0.763. The van der Waals surface area contributed by atoms with Gasteiger partial charge in [-0.2, -0.15) is 0 Å². The lowest BCUT2D eigenvalue weighted by Gasteiger charge is -2.23. The number of nitrogens with zero attached hydrogens (tertiary/aromatic N) is 3. The van der Waals surface area contributed by atoms with Gasteiger partial charge in [0.05, 0.1) is 13.4 Å². The van der Waals surface area contributed by atoms with E-state index in [0.29, 0.717) is 23.6 Å². The lowest BCUT2D eigenvalue weighted by molar-refractivity contribution is 0.242. The molecule has 0 bridgehead atoms. The largest absolute Gasteiger partial charge is 0.497 e. The molecule has 3 aromatic rings. The molecule has 0 spiro atoms. The first-order chi connectivity index (χ1) is 11.7. The highest BCUT2D eigenvalue weighted by Crippen LogP contribution is 2.26. The second-order valence-electron chi connectivity index (χ2n) is 6.39. The minimum Gasteiger partial charge on any atom is -0.497 e. The van der Waals surface area contributed by atoms with Gasteiger partial charge in [-0.1, -0.05) is 6.92 Å². The molecule has 6 nitrogen and oxygen atoms in total. The molecular weight excluding hydrogens is 304 g/mol. The number of likely N-dealkylation sites (N-methyl/N-ethyl adjacent to an activating group) is 1. The van der Waals surface area contributed by atoms with Crippen LogP contribution in [0.15, 0.2) is 29.3 Å². The molecule has 0 unspecified atom stereocenters. The Morgan fingerprint density at radius 1 is 1.42 bits per heavy atom. The first kappa shape index (κ1) is 15.2. The van der Waals surface area contributed by atoms with Gasteiger partial charge in [-0.3, -0.25) is 14.3 Å². The minimum absolute atomic E-state index is 0.00174. The highest BCUT2D eigenvalue weighted by molar-refractivity contribution is 6.04. The van der Waals surface area contributed by atoms with Crippen LogP contribution in [0.2, 0.25) is 0 Å². The maximum Gasteiger partial charge on any atom is 0.277 e. The van der Waals surface area contributed by atoms with Gasteiger partial charge in [0.25, 0.3) is 5.56 Å². The summed E-state index contributed by atoms with van der Waals surface area (Å²) in [6.45, 7) is 5.03. The Kier molecular flexibility index (Phi) is 3.76. The number of rotatable bonds is 4. The van der Waals surface area contributed by atoms with E-state index in [1.807, 2.05) is 18.2 Å². The van der Waals surface area contributed by atoms with Crippen LogP contribution >= 0.6 is 0 Å². The van der Waals surface area contributed by atoms with Crippen molar-refractivity contribution in [2.45, 2.75) is 32.4 Å². The molecular formula is C18H22N4O2. The summed E-state index contributed by atoms with van der Waals surface area (Å²) in [4.78, 5) is 23.1. The van der Waals surface area contributed by atoms with Gasteiger partial charge in [0.1, 0.15) is 16.8 Å². The molecule has 1 N–H and O–H groups in total. The van der Waals surface area contributed by atoms with E-state index >= 15 is 0 Å². The number of ether oxygens (including phenoxy) is 1. The summed E-state index contributed by atoms with van der Waals surface area (Å²) in [5, 5.41) is 0.921. The zero-order valence-corrected chi connectivity index (χ0v) is 14.1. The van der Waals surface area contributed by atoms with Crippen molar-refractivity contribution in [3.63, 3.8) is 0 Å². The van der Waals surface area contributed by atoms with E-state index < -0.39 is 0 Å². The van der Waals surface area contributed by atoms with Gasteiger partial charge in [-0.15, -0.1) is 0 Å². The number of nitrogens with one attached hydrogen (secondary N) is 1. The molecule has 0 amide bonds. The summed E-state index contributed by atoms with van der Waals surface area (Å²) >= 11 is 0. The molecule has 1 aliphatic rings. The SMILES string of the molecule is CCN1CCC[C@H]1Cn1cnc2c([nH]c3ccc(OC)cc32)c1=O. The second-order valence-corrected chi connectivity index (χ2v) is 6.39. The van der Waals surface area contributed by atoms with Crippen LogP contribution in [0.5, 0.6) is 5.75 Å². The van der Waals surface area contributed by atoms with Crippen molar-refractivity contribution in [3.05, 3.63) is 34.9 Å². The molecule has 3 heterocycles. The second kappa shape index (κ2) is 5.94. The minimum atomic E-state index is -0.00174. The van der Waals surface area contributed by atoms with Crippen LogP contribution in [-0.4, -0.2) is 45.7 Å². The van der Waals surface area contributed by atoms with Gasteiger partial charge in [0, 0.05) is 23.5 Å². The van der Waals surface area contributed by atoms with E-state index in [1.165, 1.54) is 6.42 Å². The molecule has 1 aromatic carbocycles. The number of H-pyrrole nitrogens is 1. The quantitative estimate of drug-likeness (QED) is 0.799. The lowest BCUT2D eigenvalue weighted by Crippen LogP contribution is -2.36. The highest BCUT2D eigenvalue weighted by atomic mass is 16.5. The van der Waals surface area contributed by atoms with E-state index in [9.17, 15) is 4.79 Å². The Labute approximate surface area is 140 Å². The number of fused-ring (bicyclic) bond motifs is 3. The van der Waals surface area contributed by atoms with Crippen molar-refractivity contribution in [2.24, 2.45) is 0 Å². The summed E-state index contributed by atoms with van der Waals surface area (Å²) < 4.78 is 7.02. The fraction of sp³-hybridized carbons (Fsp3) is 0.444. The number of likely N-dealkylation sites (tertiary alicyclic amines) is 1. The van der Waals surface area contributed by atoms with Crippen molar-refractivity contribution in [2.75, 3.05) is 20.2 Å². The van der Waals surface area contributed by atoms with E-state index in [-0.39, 0.29) is 5.56 Å². The third kappa shape index (κ3) is 2.38. The van der Waals surface area contributed by atoms with Crippen molar-refractivity contribution in [1.82, 2.24) is 19.4 Å². The van der Waals surface area contributed by atoms with Crippen LogP contribution in [-0.2, 0) is 6.54 Å². The Balaban J connectivity index is 1.77. The van der Waals surface area contributed by atoms with Crippen molar-refractivity contribution in [1.29, 1.82) is 0 Å². The van der Waals surface area contributed by atoms with Crippen LogP contribution < -0.4 is 10.3 Å². The number of hydrogen-bond acceptors (Lipinski definition) is 4. The predicted molar refractivity (Wildman–Crippen MR) is 94.7 cm³/mol. The third-order valence-corrected chi connectivity index (χ3v) is 5.09. The average molecular weight is 326 g/mol. The summed E-state index contributed by atoms with van der Waals surface area (Å²) in [6, 6.07) is 6.15. The van der Waals surface area contributed by atoms with Crippen molar-refractivity contribution < 1.29 is 4.74 Å². The number of methoxy groups -OCH3 is 1. The molecule has 6 heteroatoms. The van der Waals surface area contributed by atoms with Gasteiger partial charge in [0.2, 0.25) is 0 Å². The average Bonchev–Trinajstić information content (AvgIpc) is 3.21. The maximum absolute atomic E-state index is 12.9. The van der Waals surface area contributed by atoms with Crippen LogP contribution in [0.3, 0.4) is 0 Å². The predicted octanol–water partition coefficient (Wildman–Crippen LogP) is 2.37. The third-order valence-electron chi connectivity index (χ3n) is 5.09. The number of hydrogen-bond donors (Lipinski definition) is 1. The fourth-order valence-electron chi connectivity index (χ4n) is 3.77. The smallest absolute Gasteiger partial charge is 0.277 e. The van der Waals surface area contributed by atoms with Gasteiger partial charge in [0.15, 0.2) is 0 Å². The zero-order valence-electron chi connectivity index (χ0n) is 14.1. The van der Waals surface area contributed by atoms with E-state index in [0.717, 1.165) is 36.2 Å². The van der Waals surface area contributed by atoms with Gasteiger partial charge < -0.3 is 9.72 Å². The fourth-order valence-corrected chi connectivity index (χ4v) is 3.77. The first-order valence-corrected chi connectivity index (χ1v) is 8.50. The summed E-state index contributed by atoms with van der Waals surface area (Å²) in [5.41, 5.74) is 2.19. The van der Waals surface area contributed by atoms with Gasteiger partial charge in [-0.25, -0.2) is 4.98 Å². The molecule has 1 aliphatic heterocycles. The molecule has 4 rings (SSSR count). The Hall–Kier alpha value is -2.34. The Morgan fingerprint density at radius 3 is 3.08 bits per heavy atom. The number of aromatic amines is 1. The zero-order chi connectivity index (χ0) is 16.7. The highest BCUT2D eigenvalue weighted by Gasteiger charge is 2.24.